The third-order valence-electron chi connectivity index (χ3n) is 3.19. The summed E-state index contributed by atoms with van der Waals surface area (Å²) >= 11 is 0. The van der Waals surface area contributed by atoms with Crippen LogP contribution in [-0.2, 0) is 0 Å². The Bertz CT molecular complexity index is 727. The lowest BCUT2D eigenvalue weighted by Gasteiger charge is -2.01. The summed E-state index contributed by atoms with van der Waals surface area (Å²) in [5.41, 5.74) is 5.07. The Labute approximate surface area is 106 Å². The summed E-state index contributed by atoms with van der Waals surface area (Å²) in [4.78, 5) is 3.39. The van der Waals surface area contributed by atoms with Crippen LogP contribution >= 0.6 is 0 Å². The highest BCUT2D eigenvalue weighted by Crippen LogP contribution is 2.25. The van der Waals surface area contributed by atoms with Crippen molar-refractivity contribution in [3.05, 3.63) is 59.7 Å². The van der Waals surface area contributed by atoms with Gasteiger partial charge in [0.15, 0.2) is 0 Å². The van der Waals surface area contributed by atoms with E-state index in [1.165, 1.54) is 5.39 Å². The summed E-state index contributed by atoms with van der Waals surface area (Å²) in [6.45, 7) is 1.96. The van der Waals surface area contributed by atoms with Gasteiger partial charge in [-0.2, -0.15) is 5.26 Å². The second-order valence-electron chi connectivity index (χ2n) is 4.41. The zero-order valence-electron chi connectivity index (χ0n) is 10.1. The molecular formula is C16H12N2. The van der Waals surface area contributed by atoms with Crippen molar-refractivity contribution in [3.63, 3.8) is 0 Å². The second-order valence-corrected chi connectivity index (χ2v) is 4.41. The molecule has 0 aliphatic heterocycles. The van der Waals surface area contributed by atoms with Crippen LogP contribution in [0.25, 0.3) is 22.2 Å². The van der Waals surface area contributed by atoms with Crippen LogP contribution in [0.3, 0.4) is 0 Å². The summed E-state index contributed by atoms with van der Waals surface area (Å²) < 4.78 is 0. The number of fused-ring (bicyclic) bond motifs is 1. The molecule has 0 radical (unpaired) electrons. The fourth-order valence-electron chi connectivity index (χ4n) is 2.19. The summed E-state index contributed by atoms with van der Waals surface area (Å²) in [5.74, 6) is 0. The number of H-pyrrole nitrogens is 1. The van der Waals surface area contributed by atoms with E-state index in [0.29, 0.717) is 0 Å². The van der Waals surface area contributed by atoms with Crippen molar-refractivity contribution in [3.8, 4) is 17.3 Å². The highest BCUT2D eigenvalue weighted by molar-refractivity contribution is 5.85. The quantitative estimate of drug-likeness (QED) is 0.676. The van der Waals surface area contributed by atoms with E-state index in [0.717, 1.165) is 27.9 Å². The Balaban J connectivity index is 2.15. The van der Waals surface area contributed by atoms with Crippen molar-refractivity contribution in [2.45, 2.75) is 6.92 Å². The Kier molecular flexibility index (Phi) is 2.39. The third-order valence-corrected chi connectivity index (χ3v) is 3.19. The van der Waals surface area contributed by atoms with E-state index in [4.69, 9.17) is 5.26 Å². The zero-order chi connectivity index (χ0) is 12.5. The molecule has 0 bridgehead atoms. The van der Waals surface area contributed by atoms with Crippen LogP contribution in [0.5, 0.6) is 0 Å². The minimum atomic E-state index is 0.731. The van der Waals surface area contributed by atoms with E-state index in [1.807, 2.05) is 37.3 Å². The molecule has 0 saturated heterocycles. The van der Waals surface area contributed by atoms with Gasteiger partial charge in [-0.25, -0.2) is 0 Å². The fourth-order valence-corrected chi connectivity index (χ4v) is 2.19. The van der Waals surface area contributed by atoms with E-state index in [-0.39, 0.29) is 0 Å². The number of para-hydroxylation sites is 1. The highest BCUT2D eigenvalue weighted by atomic mass is 14.7. The number of hydrogen-bond donors (Lipinski definition) is 1. The van der Waals surface area contributed by atoms with Crippen molar-refractivity contribution in [1.82, 2.24) is 4.98 Å². The first kappa shape index (κ1) is 10.6. The molecule has 0 unspecified atom stereocenters. The van der Waals surface area contributed by atoms with Gasteiger partial charge in [-0.05, 0) is 42.3 Å². The van der Waals surface area contributed by atoms with Crippen LogP contribution in [0.1, 0.15) is 11.1 Å². The van der Waals surface area contributed by atoms with Crippen molar-refractivity contribution >= 4 is 10.9 Å². The molecule has 2 heteroatoms. The number of nitrogens with one attached hydrogen (secondary N) is 1. The van der Waals surface area contributed by atoms with E-state index in [9.17, 15) is 0 Å². The molecule has 0 fully saturated rings. The predicted molar refractivity (Wildman–Crippen MR) is 73.2 cm³/mol. The average Bonchev–Trinajstić information content (AvgIpc) is 2.82. The Morgan fingerprint density at radius 3 is 2.61 bits per heavy atom. The highest BCUT2D eigenvalue weighted by Gasteiger charge is 2.04. The first-order valence-corrected chi connectivity index (χ1v) is 5.87. The van der Waals surface area contributed by atoms with Gasteiger partial charge in [0, 0.05) is 16.6 Å². The number of nitrogens with zero attached hydrogens (tertiary/aromatic N) is 1. The van der Waals surface area contributed by atoms with Gasteiger partial charge in [0.05, 0.1) is 11.6 Å². The number of rotatable bonds is 1. The second kappa shape index (κ2) is 4.05. The fraction of sp³-hybridized carbons (Fsp3) is 0.0625. The van der Waals surface area contributed by atoms with E-state index in [2.05, 4.69) is 29.3 Å². The number of hydrogen-bond acceptors (Lipinski definition) is 1. The largest absolute Gasteiger partial charge is 0.355 e. The molecule has 1 aromatic heterocycles. The van der Waals surface area contributed by atoms with Gasteiger partial charge in [-0.15, -0.1) is 0 Å². The zero-order valence-corrected chi connectivity index (χ0v) is 10.1. The molecule has 0 aliphatic rings. The van der Waals surface area contributed by atoms with Crippen molar-refractivity contribution in [1.29, 1.82) is 5.26 Å². The molecule has 3 aromatic rings. The first-order chi connectivity index (χ1) is 8.78. The van der Waals surface area contributed by atoms with Crippen molar-refractivity contribution in [2.24, 2.45) is 0 Å². The van der Waals surface area contributed by atoms with Crippen LogP contribution in [0.15, 0.2) is 48.5 Å². The lowest BCUT2D eigenvalue weighted by Crippen LogP contribution is -1.84. The molecule has 1 N–H and O–H groups in total. The molecule has 0 saturated carbocycles. The topological polar surface area (TPSA) is 39.6 Å². The Hall–Kier alpha value is -2.53. The Morgan fingerprint density at radius 1 is 1.06 bits per heavy atom. The van der Waals surface area contributed by atoms with Gasteiger partial charge in [-0.1, -0.05) is 24.3 Å². The number of aryl methyl sites for hydroxylation is 1. The minimum absolute atomic E-state index is 0.731. The standard InChI is InChI=1S/C16H12N2/c1-11-8-13(6-7-14(11)10-17)16-9-12-4-2-3-5-15(12)18-16/h2-9,18H,1H3. The van der Waals surface area contributed by atoms with Crippen molar-refractivity contribution < 1.29 is 0 Å². The predicted octanol–water partition coefficient (Wildman–Crippen LogP) is 4.02. The summed E-state index contributed by atoms with van der Waals surface area (Å²) in [6.07, 6.45) is 0. The SMILES string of the molecule is Cc1cc(-c2cc3ccccc3[nH]2)ccc1C#N. The third kappa shape index (κ3) is 1.66. The van der Waals surface area contributed by atoms with Gasteiger partial charge in [0.1, 0.15) is 0 Å². The van der Waals surface area contributed by atoms with Crippen LogP contribution < -0.4 is 0 Å². The van der Waals surface area contributed by atoms with E-state index >= 15 is 0 Å². The monoisotopic (exact) mass is 232 g/mol. The molecule has 2 aromatic carbocycles. The van der Waals surface area contributed by atoms with Crippen molar-refractivity contribution in [2.75, 3.05) is 0 Å². The van der Waals surface area contributed by atoms with Gasteiger partial charge < -0.3 is 4.98 Å². The van der Waals surface area contributed by atoms with Gasteiger partial charge in [0.25, 0.3) is 0 Å². The molecule has 1 heterocycles. The number of aromatic nitrogens is 1. The molecule has 0 atom stereocenters. The molecule has 0 spiro atoms. The summed E-state index contributed by atoms with van der Waals surface area (Å²) in [7, 11) is 0. The van der Waals surface area contributed by atoms with E-state index in [1.54, 1.807) is 0 Å². The normalized spacial score (nSPS) is 10.4. The van der Waals surface area contributed by atoms with Gasteiger partial charge in [0.2, 0.25) is 0 Å². The lowest BCUT2D eigenvalue weighted by atomic mass is 10.0. The van der Waals surface area contributed by atoms with Crippen LogP contribution in [0.2, 0.25) is 0 Å². The van der Waals surface area contributed by atoms with E-state index < -0.39 is 0 Å². The maximum atomic E-state index is 8.94. The first-order valence-electron chi connectivity index (χ1n) is 5.87. The molecule has 3 rings (SSSR count). The number of benzene rings is 2. The minimum Gasteiger partial charge on any atom is -0.355 e. The molecule has 0 aliphatic carbocycles. The number of aromatic amines is 1. The van der Waals surface area contributed by atoms with Gasteiger partial charge in [-0.3, -0.25) is 0 Å². The molecule has 86 valence electrons. The maximum Gasteiger partial charge on any atom is 0.0994 e. The molecule has 0 amide bonds. The van der Waals surface area contributed by atoms with Crippen LogP contribution in [0.4, 0.5) is 0 Å². The Morgan fingerprint density at radius 2 is 1.89 bits per heavy atom. The maximum absolute atomic E-state index is 8.94. The van der Waals surface area contributed by atoms with Gasteiger partial charge >= 0.3 is 0 Å². The number of nitriles is 1. The van der Waals surface area contributed by atoms with Crippen LogP contribution in [0, 0.1) is 18.3 Å². The molecular weight excluding hydrogens is 220 g/mol. The summed E-state index contributed by atoms with van der Waals surface area (Å²) in [5, 5.41) is 10.1. The smallest absolute Gasteiger partial charge is 0.0994 e. The summed E-state index contributed by atoms with van der Waals surface area (Å²) in [6, 6.07) is 18.4. The molecule has 18 heavy (non-hydrogen) atoms. The van der Waals surface area contributed by atoms with Crippen LogP contribution in [-0.4, -0.2) is 4.98 Å². The molecule has 2 nitrogen and oxygen atoms in total. The lowest BCUT2D eigenvalue weighted by molar-refractivity contribution is 1.37. The average molecular weight is 232 g/mol.